The van der Waals surface area contributed by atoms with E-state index in [1.807, 2.05) is 5.38 Å². The van der Waals surface area contributed by atoms with E-state index in [0.717, 1.165) is 23.3 Å². The van der Waals surface area contributed by atoms with Gasteiger partial charge in [0.05, 0.1) is 5.69 Å². The third kappa shape index (κ3) is 2.98. The molecule has 0 atom stereocenters. The van der Waals surface area contributed by atoms with Crippen LogP contribution in [0.1, 0.15) is 24.6 Å². The molecule has 1 fully saturated rings. The van der Waals surface area contributed by atoms with Gasteiger partial charge in [-0.05, 0) is 30.4 Å². The number of hydrogen-bond acceptors (Lipinski definition) is 7. The summed E-state index contributed by atoms with van der Waals surface area (Å²) in [4.78, 5) is 28.9. The lowest BCUT2D eigenvalue weighted by atomic mass is 10.3. The van der Waals surface area contributed by atoms with Crippen LogP contribution in [0.3, 0.4) is 0 Å². The Balaban J connectivity index is 1.51. The molecule has 0 unspecified atom stereocenters. The molecule has 1 amide bonds. The number of nitrogens with zero attached hydrogens (tertiary/aromatic N) is 4. The van der Waals surface area contributed by atoms with Crippen molar-refractivity contribution in [2.45, 2.75) is 25.3 Å². The van der Waals surface area contributed by atoms with Crippen molar-refractivity contribution in [1.82, 2.24) is 19.9 Å². The van der Waals surface area contributed by atoms with Crippen LogP contribution in [0.15, 0.2) is 39.1 Å². The Bertz CT molecular complexity index is 940. The lowest BCUT2D eigenvalue weighted by Crippen LogP contribution is -2.28. The van der Waals surface area contributed by atoms with Gasteiger partial charge in [0.15, 0.2) is 5.82 Å². The molecule has 0 aromatic carbocycles. The van der Waals surface area contributed by atoms with Crippen LogP contribution in [0.25, 0.3) is 10.8 Å². The molecular weight excluding hydrogens is 330 g/mol. The molecule has 4 rings (SSSR count). The fraction of sp³-hybridized carbons (Fsp3) is 0.267. The fourth-order valence-electron chi connectivity index (χ4n) is 2.24. The number of anilines is 1. The molecule has 0 bridgehead atoms. The van der Waals surface area contributed by atoms with E-state index in [2.05, 4.69) is 20.6 Å². The summed E-state index contributed by atoms with van der Waals surface area (Å²) in [5.41, 5.74) is 0.254. The van der Waals surface area contributed by atoms with Crippen molar-refractivity contribution in [3.05, 3.63) is 46.0 Å². The zero-order chi connectivity index (χ0) is 16.5. The number of amides is 1. The minimum absolute atomic E-state index is 0.161. The maximum absolute atomic E-state index is 12.2. The number of thiophene rings is 1. The molecule has 1 N–H and O–H groups in total. The van der Waals surface area contributed by atoms with Crippen molar-refractivity contribution < 1.29 is 9.32 Å². The van der Waals surface area contributed by atoms with Crippen molar-refractivity contribution in [2.24, 2.45) is 0 Å². The van der Waals surface area contributed by atoms with Gasteiger partial charge in [-0.15, -0.1) is 11.3 Å². The van der Waals surface area contributed by atoms with Gasteiger partial charge in [-0.3, -0.25) is 9.59 Å². The van der Waals surface area contributed by atoms with Crippen LogP contribution in [0.2, 0.25) is 0 Å². The van der Waals surface area contributed by atoms with Gasteiger partial charge in [-0.1, -0.05) is 5.16 Å². The highest BCUT2D eigenvalue weighted by Crippen LogP contribution is 2.40. The fourth-order valence-corrected chi connectivity index (χ4v) is 3.01. The van der Waals surface area contributed by atoms with Gasteiger partial charge in [0.2, 0.25) is 5.91 Å². The monoisotopic (exact) mass is 343 g/mol. The maximum Gasteiger partial charge on any atom is 0.270 e. The Labute approximate surface area is 140 Å². The van der Waals surface area contributed by atoms with Crippen LogP contribution in [-0.2, 0) is 11.3 Å². The Kier molecular flexibility index (Phi) is 3.69. The first kappa shape index (κ1) is 14.8. The summed E-state index contributed by atoms with van der Waals surface area (Å²) < 4.78 is 6.40. The Hall–Kier alpha value is -2.81. The van der Waals surface area contributed by atoms with Gasteiger partial charge >= 0.3 is 0 Å². The van der Waals surface area contributed by atoms with Crippen molar-refractivity contribution >= 4 is 22.9 Å². The number of hydrogen-bond donors (Lipinski definition) is 1. The van der Waals surface area contributed by atoms with Gasteiger partial charge in [0, 0.05) is 18.2 Å². The maximum atomic E-state index is 12.2. The van der Waals surface area contributed by atoms with E-state index in [9.17, 15) is 9.59 Å². The quantitative estimate of drug-likeness (QED) is 0.758. The van der Waals surface area contributed by atoms with E-state index in [0.29, 0.717) is 22.4 Å². The SMILES string of the molecule is O=C(Cn1ncccc1=O)Nc1ccsc1-c1nc(C2CC2)no1. The molecule has 8 nitrogen and oxygen atoms in total. The van der Waals surface area contributed by atoms with E-state index in [4.69, 9.17) is 4.52 Å². The molecule has 1 saturated carbocycles. The normalized spacial score (nSPS) is 13.8. The summed E-state index contributed by atoms with van der Waals surface area (Å²) in [6.45, 7) is -0.161. The summed E-state index contributed by atoms with van der Waals surface area (Å²) >= 11 is 1.40. The van der Waals surface area contributed by atoms with Gasteiger partial charge in [0.1, 0.15) is 11.4 Å². The summed E-state index contributed by atoms with van der Waals surface area (Å²) in [6, 6.07) is 4.65. The molecule has 0 radical (unpaired) electrons. The molecule has 0 spiro atoms. The third-order valence-corrected chi connectivity index (χ3v) is 4.50. The Morgan fingerprint density at radius 3 is 3.08 bits per heavy atom. The van der Waals surface area contributed by atoms with Crippen LogP contribution in [0.5, 0.6) is 0 Å². The van der Waals surface area contributed by atoms with Gasteiger partial charge in [-0.25, -0.2) is 4.68 Å². The van der Waals surface area contributed by atoms with E-state index >= 15 is 0 Å². The van der Waals surface area contributed by atoms with E-state index < -0.39 is 0 Å². The highest BCUT2D eigenvalue weighted by atomic mass is 32.1. The molecule has 1 aliphatic rings. The largest absolute Gasteiger partial charge is 0.333 e. The zero-order valence-corrected chi connectivity index (χ0v) is 13.3. The minimum Gasteiger partial charge on any atom is -0.333 e. The number of carbonyl (C=O) groups excluding carboxylic acids is 1. The second kappa shape index (κ2) is 6.00. The predicted octanol–water partition coefficient (Wildman–Crippen LogP) is 1.87. The highest BCUT2D eigenvalue weighted by Gasteiger charge is 2.29. The van der Waals surface area contributed by atoms with Crippen molar-refractivity contribution in [3.8, 4) is 10.8 Å². The summed E-state index contributed by atoms with van der Waals surface area (Å²) in [7, 11) is 0. The van der Waals surface area contributed by atoms with Gasteiger partial charge < -0.3 is 9.84 Å². The second-order valence-corrected chi connectivity index (χ2v) is 6.38. The van der Waals surface area contributed by atoms with Crippen LogP contribution >= 0.6 is 11.3 Å². The topological polar surface area (TPSA) is 103 Å². The van der Waals surface area contributed by atoms with Crippen LogP contribution in [0, 0.1) is 0 Å². The lowest BCUT2D eigenvalue weighted by Gasteiger charge is -2.05. The molecule has 0 saturated heterocycles. The summed E-state index contributed by atoms with van der Waals surface area (Å²) in [5.74, 6) is 1.17. The van der Waals surface area contributed by atoms with E-state index in [1.54, 1.807) is 6.07 Å². The van der Waals surface area contributed by atoms with Crippen molar-refractivity contribution in [2.75, 3.05) is 5.32 Å². The first-order chi connectivity index (χ1) is 11.7. The average molecular weight is 343 g/mol. The first-order valence-corrected chi connectivity index (χ1v) is 8.32. The summed E-state index contributed by atoms with van der Waals surface area (Å²) in [6.07, 6.45) is 3.64. The van der Waals surface area contributed by atoms with Crippen molar-refractivity contribution in [3.63, 3.8) is 0 Å². The zero-order valence-electron chi connectivity index (χ0n) is 12.5. The van der Waals surface area contributed by atoms with Gasteiger partial charge in [0.25, 0.3) is 11.4 Å². The molecule has 3 aromatic rings. The predicted molar refractivity (Wildman–Crippen MR) is 86.7 cm³/mol. The third-order valence-electron chi connectivity index (χ3n) is 3.60. The molecule has 0 aliphatic heterocycles. The second-order valence-electron chi connectivity index (χ2n) is 5.46. The smallest absolute Gasteiger partial charge is 0.270 e. The first-order valence-electron chi connectivity index (χ1n) is 7.44. The van der Waals surface area contributed by atoms with Crippen molar-refractivity contribution in [1.29, 1.82) is 0 Å². The average Bonchev–Trinajstić information content (AvgIpc) is 3.12. The summed E-state index contributed by atoms with van der Waals surface area (Å²) in [5, 5.41) is 12.4. The molecule has 24 heavy (non-hydrogen) atoms. The van der Waals surface area contributed by atoms with E-state index in [-0.39, 0.29) is 18.0 Å². The molecular formula is C15H13N5O3S. The van der Waals surface area contributed by atoms with Crippen LogP contribution < -0.4 is 10.9 Å². The van der Waals surface area contributed by atoms with Gasteiger partial charge in [-0.2, -0.15) is 10.1 Å². The number of rotatable bonds is 5. The molecule has 3 aromatic heterocycles. The van der Waals surface area contributed by atoms with Crippen LogP contribution in [0.4, 0.5) is 5.69 Å². The minimum atomic E-state index is -0.350. The Morgan fingerprint density at radius 1 is 1.42 bits per heavy atom. The Morgan fingerprint density at radius 2 is 2.29 bits per heavy atom. The van der Waals surface area contributed by atoms with Crippen LogP contribution in [-0.4, -0.2) is 25.8 Å². The lowest BCUT2D eigenvalue weighted by molar-refractivity contribution is -0.117. The molecule has 122 valence electrons. The number of carbonyl (C=O) groups is 1. The highest BCUT2D eigenvalue weighted by molar-refractivity contribution is 7.14. The number of nitrogens with one attached hydrogen (secondary N) is 1. The number of aromatic nitrogens is 4. The van der Waals surface area contributed by atoms with E-state index in [1.165, 1.54) is 29.7 Å². The molecule has 3 heterocycles. The standard InChI is InChI=1S/C15H13N5O3S/c21-11(8-20-12(22)2-1-6-16-20)17-10-5-7-24-13(10)15-18-14(19-23-15)9-3-4-9/h1-2,5-7,9H,3-4,8H2,(H,17,21). The molecule has 1 aliphatic carbocycles. The molecule has 9 heteroatoms.